The van der Waals surface area contributed by atoms with Gasteiger partial charge in [-0.05, 0) is 25.7 Å². The number of rotatable bonds is 7. The van der Waals surface area contributed by atoms with Crippen LogP contribution in [0, 0.1) is 11.8 Å². The van der Waals surface area contributed by atoms with Crippen LogP contribution in [-0.2, 0) is 29.8 Å². The van der Waals surface area contributed by atoms with Gasteiger partial charge >= 0.3 is 23.1 Å². The lowest BCUT2D eigenvalue weighted by atomic mass is 9.82. The highest BCUT2D eigenvalue weighted by Crippen LogP contribution is 2.38. The molecule has 1 aliphatic carbocycles. The van der Waals surface area contributed by atoms with Gasteiger partial charge in [0.2, 0.25) is 10.7 Å². The molecule has 0 saturated heterocycles. The summed E-state index contributed by atoms with van der Waals surface area (Å²) in [5.41, 5.74) is 0. The third kappa shape index (κ3) is 4.81. The summed E-state index contributed by atoms with van der Waals surface area (Å²) in [7, 11) is -3.41. The summed E-state index contributed by atoms with van der Waals surface area (Å²) in [5.74, 6) is -7.00. The Morgan fingerprint density at radius 2 is 1.46 bits per heavy atom. The molecule has 0 aliphatic heterocycles. The molecule has 140 valence electrons. The SMILES string of the molecule is COC(=O)C1CCC(C(=O)OCCC(F)(F)C(F)(F)[SH](=O)=O)CC1. The highest BCUT2D eigenvalue weighted by atomic mass is 32.2. The van der Waals surface area contributed by atoms with Gasteiger partial charge in [0.05, 0.1) is 32.0 Å². The fourth-order valence-electron chi connectivity index (χ4n) is 2.41. The van der Waals surface area contributed by atoms with Crippen molar-refractivity contribution in [2.45, 2.75) is 43.3 Å². The summed E-state index contributed by atoms with van der Waals surface area (Å²) < 4.78 is 81.4. The van der Waals surface area contributed by atoms with E-state index < -0.39 is 52.8 Å². The maximum Gasteiger partial charge on any atom is 0.404 e. The number of methoxy groups -OCH3 is 1. The number of alkyl halides is 4. The standard InChI is InChI=1S/C13H18F4O6S/c1-22-10(18)8-2-4-9(5-3-8)11(19)23-7-6-12(14,15)13(16,17)24(20)21/h8-9,24H,2-7H2,1H3. The number of halogens is 4. The lowest BCUT2D eigenvalue weighted by molar-refractivity contribution is -0.173. The van der Waals surface area contributed by atoms with Crippen molar-refractivity contribution in [1.29, 1.82) is 0 Å². The molecule has 0 atom stereocenters. The second kappa shape index (κ2) is 8.13. The summed E-state index contributed by atoms with van der Waals surface area (Å²) in [4.78, 5) is 23.1. The van der Waals surface area contributed by atoms with Crippen molar-refractivity contribution in [1.82, 2.24) is 0 Å². The van der Waals surface area contributed by atoms with Crippen molar-refractivity contribution in [3.8, 4) is 0 Å². The van der Waals surface area contributed by atoms with Crippen LogP contribution < -0.4 is 0 Å². The molecule has 0 unspecified atom stereocenters. The zero-order chi connectivity index (χ0) is 18.5. The molecule has 1 rings (SSSR count). The molecule has 24 heavy (non-hydrogen) atoms. The van der Waals surface area contributed by atoms with Gasteiger partial charge in [0.15, 0.2) is 0 Å². The Labute approximate surface area is 137 Å². The van der Waals surface area contributed by atoms with E-state index in [9.17, 15) is 35.6 Å². The van der Waals surface area contributed by atoms with Crippen LogP contribution in [0.2, 0.25) is 0 Å². The average Bonchev–Trinajstić information content (AvgIpc) is 2.53. The monoisotopic (exact) mass is 378 g/mol. The number of hydrogen-bond donors (Lipinski definition) is 1. The Morgan fingerprint density at radius 3 is 1.88 bits per heavy atom. The lowest BCUT2D eigenvalue weighted by Crippen LogP contribution is -2.42. The van der Waals surface area contributed by atoms with E-state index >= 15 is 0 Å². The Morgan fingerprint density at radius 1 is 1.00 bits per heavy atom. The van der Waals surface area contributed by atoms with Gasteiger partial charge in [-0.3, -0.25) is 9.59 Å². The first-order valence-corrected chi connectivity index (χ1v) is 8.35. The van der Waals surface area contributed by atoms with Crippen LogP contribution in [0.25, 0.3) is 0 Å². The number of esters is 2. The first-order valence-electron chi connectivity index (χ1n) is 7.17. The van der Waals surface area contributed by atoms with Gasteiger partial charge in [0.1, 0.15) is 0 Å². The molecule has 0 aromatic rings. The highest BCUT2D eigenvalue weighted by Gasteiger charge is 2.59. The smallest absolute Gasteiger partial charge is 0.404 e. The molecule has 0 radical (unpaired) electrons. The molecule has 1 saturated carbocycles. The van der Waals surface area contributed by atoms with Crippen LogP contribution in [0.4, 0.5) is 17.6 Å². The van der Waals surface area contributed by atoms with E-state index in [1.54, 1.807) is 0 Å². The highest BCUT2D eigenvalue weighted by molar-refractivity contribution is 7.73. The molecule has 0 amide bonds. The average molecular weight is 378 g/mol. The summed E-state index contributed by atoms with van der Waals surface area (Å²) in [6.45, 7) is -1.03. The minimum atomic E-state index is -5.20. The molecule has 1 fully saturated rings. The topological polar surface area (TPSA) is 86.7 Å². The zero-order valence-electron chi connectivity index (χ0n) is 12.8. The van der Waals surface area contributed by atoms with Crippen molar-refractivity contribution >= 4 is 22.6 Å². The summed E-state index contributed by atoms with van der Waals surface area (Å²) in [5, 5.41) is -5.20. The fourth-order valence-corrected chi connectivity index (χ4v) is 2.79. The van der Waals surface area contributed by atoms with Crippen molar-refractivity contribution in [2.75, 3.05) is 13.7 Å². The van der Waals surface area contributed by atoms with Crippen molar-refractivity contribution < 1.29 is 45.0 Å². The van der Waals surface area contributed by atoms with Crippen LogP contribution in [0.15, 0.2) is 0 Å². The van der Waals surface area contributed by atoms with Crippen LogP contribution in [-0.4, -0.2) is 45.3 Å². The predicted octanol–water partition coefficient (Wildman–Crippen LogP) is 1.74. The third-order valence-electron chi connectivity index (χ3n) is 3.92. The van der Waals surface area contributed by atoms with E-state index in [4.69, 9.17) is 0 Å². The second-order valence-electron chi connectivity index (χ2n) is 5.49. The fraction of sp³-hybridized carbons (Fsp3) is 0.846. The van der Waals surface area contributed by atoms with E-state index in [0.29, 0.717) is 12.8 Å². The van der Waals surface area contributed by atoms with Gasteiger partial charge in [0.25, 0.3) is 0 Å². The molecular formula is C13H18F4O6S. The number of ether oxygens (including phenoxy) is 2. The van der Waals surface area contributed by atoms with Crippen LogP contribution in [0.5, 0.6) is 0 Å². The normalized spacial score (nSPS) is 22.2. The molecule has 0 heterocycles. The van der Waals surface area contributed by atoms with Gasteiger partial charge in [0, 0.05) is 0 Å². The van der Waals surface area contributed by atoms with Crippen LogP contribution >= 0.6 is 0 Å². The Balaban J connectivity index is 2.44. The first kappa shape index (κ1) is 20.7. The van der Waals surface area contributed by atoms with Crippen molar-refractivity contribution in [3.63, 3.8) is 0 Å². The maximum atomic E-state index is 13.1. The molecule has 0 N–H and O–H groups in total. The third-order valence-corrected chi connectivity index (χ3v) is 4.71. The number of carbonyl (C=O) groups is 2. The minimum Gasteiger partial charge on any atom is -0.469 e. The number of hydrogen-bond acceptors (Lipinski definition) is 6. The molecule has 11 heteroatoms. The zero-order valence-corrected chi connectivity index (χ0v) is 13.7. The minimum absolute atomic E-state index is 0.289. The van der Waals surface area contributed by atoms with E-state index in [-0.39, 0.29) is 18.8 Å². The summed E-state index contributed by atoms with van der Waals surface area (Å²) >= 11 is 0. The van der Waals surface area contributed by atoms with Crippen LogP contribution in [0.1, 0.15) is 32.1 Å². The number of thiol groups is 1. The predicted molar refractivity (Wildman–Crippen MR) is 73.2 cm³/mol. The van der Waals surface area contributed by atoms with Gasteiger partial charge in [-0.2, -0.15) is 17.6 Å². The van der Waals surface area contributed by atoms with E-state index in [0.717, 1.165) is 0 Å². The molecule has 6 nitrogen and oxygen atoms in total. The number of carbonyl (C=O) groups excluding carboxylic acids is 2. The van der Waals surface area contributed by atoms with Gasteiger partial charge in [-0.15, -0.1) is 0 Å². The molecule has 1 aliphatic rings. The van der Waals surface area contributed by atoms with Crippen LogP contribution in [0.3, 0.4) is 0 Å². The van der Waals surface area contributed by atoms with Gasteiger partial charge in [-0.1, -0.05) is 0 Å². The van der Waals surface area contributed by atoms with Crippen molar-refractivity contribution in [2.24, 2.45) is 11.8 Å². The maximum absolute atomic E-state index is 13.1. The summed E-state index contributed by atoms with van der Waals surface area (Å²) in [6, 6.07) is 0. The largest absolute Gasteiger partial charge is 0.469 e. The molecule has 0 spiro atoms. The van der Waals surface area contributed by atoms with Gasteiger partial charge in [-0.25, -0.2) is 8.42 Å². The van der Waals surface area contributed by atoms with Crippen molar-refractivity contribution in [3.05, 3.63) is 0 Å². The molecule has 0 bridgehead atoms. The lowest BCUT2D eigenvalue weighted by Gasteiger charge is -2.26. The Kier molecular flexibility index (Phi) is 6.99. The molecular weight excluding hydrogens is 360 g/mol. The van der Waals surface area contributed by atoms with Gasteiger partial charge < -0.3 is 9.47 Å². The first-order chi connectivity index (χ1) is 11.0. The van der Waals surface area contributed by atoms with E-state index in [1.807, 2.05) is 0 Å². The Hall–Kier alpha value is -1.39. The molecule has 0 aromatic heterocycles. The summed E-state index contributed by atoms with van der Waals surface area (Å²) in [6.07, 6.45) is -0.281. The molecule has 0 aromatic carbocycles. The Bertz CT molecular complexity index is 533. The second-order valence-corrected chi connectivity index (χ2v) is 6.57. The van der Waals surface area contributed by atoms with E-state index in [2.05, 4.69) is 9.47 Å². The van der Waals surface area contributed by atoms with E-state index in [1.165, 1.54) is 7.11 Å². The quantitative estimate of drug-likeness (QED) is 0.413.